The highest BCUT2D eigenvalue weighted by atomic mass is 32.1. The van der Waals surface area contributed by atoms with Crippen LogP contribution in [0.15, 0.2) is 6.20 Å². The van der Waals surface area contributed by atoms with E-state index in [-0.39, 0.29) is 0 Å². The van der Waals surface area contributed by atoms with Gasteiger partial charge in [-0.15, -0.1) is 11.3 Å². The molecular weight excluding hydrogens is 230 g/mol. The van der Waals surface area contributed by atoms with E-state index in [0.717, 1.165) is 30.7 Å². The van der Waals surface area contributed by atoms with Crippen molar-refractivity contribution in [3.63, 3.8) is 0 Å². The van der Waals surface area contributed by atoms with Gasteiger partial charge in [0.25, 0.3) is 0 Å². The van der Waals surface area contributed by atoms with Crippen LogP contribution in [-0.4, -0.2) is 25.1 Å². The molecule has 0 atom stereocenters. The summed E-state index contributed by atoms with van der Waals surface area (Å²) in [4.78, 5) is 8.06. The van der Waals surface area contributed by atoms with Gasteiger partial charge in [-0.3, -0.25) is 0 Å². The quantitative estimate of drug-likeness (QED) is 0.723. The number of anilines is 1. The molecule has 98 valence electrons. The molecule has 0 amide bonds. The summed E-state index contributed by atoms with van der Waals surface area (Å²) in [7, 11) is 2.13. The molecule has 0 unspecified atom stereocenters. The largest absolute Gasteiger partial charge is 0.351 e. The van der Waals surface area contributed by atoms with E-state index < -0.39 is 0 Å². The van der Waals surface area contributed by atoms with Crippen LogP contribution in [0.5, 0.6) is 0 Å². The van der Waals surface area contributed by atoms with E-state index in [9.17, 15) is 0 Å². The summed E-state index contributed by atoms with van der Waals surface area (Å²) in [5.74, 6) is 0.753. The van der Waals surface area contributed by atoms with E-state index in [2.05, 4.69) is 43.0 Å². The number of hydrogen-bond acceptors (Lipinski definition) is 4. The number of nitrogens with one attached hydrogen (secondary N) is 1. The maximum Gasteiger partial charge on any atom is 0.185 e. The minimum Gasteiger partial charge on any atom is -0.351 e. The minimum absolute atomic E-state index is 0.753. The van der Waals surface area contributed by atoms with Gasteiger partial charge in [-0.05, 0) is 25.3 Å². The highest BCUT2D eigenvalue weighted by Crippen LogP contribution is 2.21. The second-order valence-electron chi connectivity index (χ2n) is 4.89. The van der Waals surface area contributed by atoms with Crippen LogP contribution in [0, 0.1) is 5.92 Å². The molecule has 0 fully saturated rings. The number of hydrogen-bond donors (Lipinski definition) is 1. The summed E-state index contributed by atoms with van der Waals surface area (Å²) in [6.07, 6.45) is 4.40. The normalized spacial score (nSPS) is 11.1. The fourth-order valence-corrected chi connectivity index (χ4v) is 2.36. The van der Waals surface area contributed by atoms with E-state index in [1.165, 1.54) is 17.7 Å². The fraction of sp³-hybridized carbons (Fsp3) is 0.769. The van der Waals surface area contributed by atoms with Crippen LogP contribution < -0.4 is 10.2 Å². The molecule has 0 aliphatic heterocycles. The van der Waals surface area contributed by atoms with Gasteiger partial charge in [0.1, 0.15) is 0 Å². The zero-order valence-electron chi connectivity index (χ0n) is 11.5. The zero-order chi connectivity index (χ0) is 12.7. The van der Waals surface area contributed by atoms with Gasteiger partial charge in [-0.25, -0.2) is 4.98 Å². The van der Waals surface area contributed by atoms with E-state index in [1.807, 2.05) is 6.20 Å². The summed E-state index contributed by atoms with van der Waals surface area (Å²) >= 11 is 1.80. The van der Waals surface area contributed by atoms with E-state index in [0.29, 0.717) is 0 Å². The molecule has 0 radical (unpaired) electrons. The van der Waals surface area contributed by atoms with Gasteiger partial charge in [0.05, 0.1) is 0 Å². The third-order valence-electron chi connectivity index (χ3n) is 2.64. The lowest BCUT2D eigenvalue weighted by atomic mass is 10.1. The Morgan fingerprint density at radius 2 is 2.24 bits per heavy atom. The second-order valence-corrected chi connectivity index (χ2v) is 5.98. The highest BCUT2D eigenvalue weighted by molar-refractivity contribution is 7.15. The highest BCUT2D eigenvalue weighted by Gasteiger charge is 2.07. The third kappa shape index (κ3) is 5.50. The summed E-state index contributed by atoms with van der Waals surface area (Å²) in [5, 5.41) is 4.54. The Hall–Kier alpha value is -0.610. The van der Waals surface area contributed by atoms with Crippen LogP contribution in [0.25, 0.3) is 0 Å². The Morgan fingerprint density at radius 1 is 1.47 bits per heavy atom. The zero-order valence-corrected chi connectivity index (χ0v) is 12.3. The Kier molecular flexibility index (Phi) is 6.52. The van der Waals surface area contributed by atoms with Crippen LogP contribution in [0.3, 0.4) is 0 Å². The third-order valence-corrected chi connectivity index (χ3v) is 3.75. The average molecular weight is 255 g/mol. The summed E-state index contributed by atoms with van der Waals surface area (Å²) in [6.45, 7) is 9.82. The topological polar surface area (TPSA) is 28.2 Å². The first-order valence-electron chi connectivity index (χ1n) is 6.50. The number of aromatic nitrogens is 1. The molecule has 1 aromatic heterocycles. The predicted octanol–water partition coefficient (Wildman–Crippen LogP) is 3.13. The van der Waals surface area contributed by atoms with Crippen LogP contribution in [0.1, 0.15) is 38.5 Å². The number of rotatable bonds is 8. The van der Waals surface area contributed by atoms with Crippen LogP contribution in [0.2, 0.25) is 0 Å². The van der Waals surface area contributed by atoms with Crippen molar-refractivity contribution in [1.29, 1.82) is 0 Å². The molecule has 0 aliphatic rings. The Labute approximate surface area is 109 Å². The van der Waals surface area contributed by atoms with E-state index in [1.54, 1.807) is 11.3 Å². The lowest BCUT2D eigenvalue weighted by Gasteiger charge is -2.16. The summed E-state index contributed by atoms with van der Waals surface area (Å²) in [5.41, 5.74) is 0. The molecule has 1 N–H and O–H groups in total. The fourth-order valence-electron chi connectivity index (χ4n) is 1.49. The van der Waals surface area contributed by atoms with Crippen molar-refractivity contribution in [1.82, 2.24) is 10.3 Å². The van der Waals surface area contributed by atoms with E-state index in [4.69, 9.17) is 0 Å². The van der Waals surface area contributed by atoms with Gasteiger partial charge in [0, 0.05) is 31.2 Å². The molecule has 0 aromatic carbocycles. The van der Waals surface area contributed by atoms with Crippen molar-refractivity contribution >= 4 is 16.5 Å². The standard InChI is InChI=1S/C13H25N3S/c1-5-7-14-9-12-10-15-13(17-12)16(4)8-6-11(2)3/h10-11,14H,5-9H2,1-4H3. The molecule has 1 aromatic rings. The summed E-state index contributed by atoms with van der Waals surface area (Å²) < 4.78 is 0. The van der Waals surface area contributed by atoms with Gasteiger partial charge in [0.15, 0.2) is 5.13 Å². The van der Waals surface area contributed by atoms with Crippen molar-refractivity contribution in [2.75, 3.05) is 25.0 Å². The maximum absolute atomic E-state index is 4.48. The molecule has 0 spiro atoms. The Morgan fingerprint density at radius 3 is 2.88 bits per heavy atom. The van der Waals surface area contributed by atoms with Gasteiger partial charge < -0.3 is 10.2 Å². The summed E-state index contributed by atoms with van der Waals surface area (Å²) in [6, 6.07) is 0. The van der Waals surface area contributed by atoms with Crippen molar-refractivity contribution in [2.24, 2.45) is 5.92 Å². The van der Waals surface area contributed by atoms with Gasteiger partial charge >= 0.3 is 0 Å². The predicted molar refractivity (Wildman–Crippen MR) is 76.8 cm³/mol. The SMILES string of the molecule is CCCNCc1cnc(N(C)CCC(C)C)s1. The lowest BCUT2D eigenvalue weighted by molar-refractivity contribution is 0.585. The molecule has 1 heterocycles. The van der Waals surface area contributed by atoms with Gasteiger partial charge in [0.2, 0.25) is 0 Å². The molecule has 0 aliphatic carbocycles. The number of nitrogens with zero attached hydrogens (tertiary/aromatic N) is 2. The minimum atomic E-state index is 0.753. The van der Waals surface area contributed by atoms with Crippen molar-refractivity contribution in [2.45, 2.75) is 40.2 Å². The van der Waals surface area contributed by atoms with Crippen LogP contribution in [0.4, 0.5) is 5.13 Å². The first-order chi connectivity index (χ1) is 8.13. The van der Waals surface area contributed by atoms with Crippen molar-refractivity contribution < 1.29 is 0 Å². The monoisotopic (exact) mass is 255 g/mol. The molecule has 3 nitrogen and oxygen atoms in total. The lowest BCUT2D eigenvalue weighted by Crippen LogP contribution is -2.19. The van der Waals surface area contributed by atoms with Crippen LogP contribution in [-0.2, 0) is 6.54 Å². The van der Waals surface area contributed by atoms with E-state index >= 15 is 0 Å². The first-order valence-corrected chi connectivity index (χ1v) is 7.31. The molecule has 4 heteroatoms. The number of thiazole rings is 1. The van der Waals surface area contributed by atoms with Gasteiger partial charge in [-0.2, -0.15) is 0 Å². The molecule has 1 rings (SSSR count). The molecule has 0 saturated heterocycles. The Bertz CT molecular complexity index is 309. The Balaban J connectivity index is 2.38. The molecule has 17 heavy (non-hydrogen) atoms. The average Bonchev–Trinajstić information content (AvgIpc) is 2.75. The maximum atomic E-state index is 4.48. The second kappa shape index (κ2) is 7.67. The van der Waals surface area contributed by atoms with Crippen molar-refractivity contribution in [3.8, 4) is 0 Å². The van der Waals surface area contributed by atoms with Crippen molar-refractivity contribution in [3.05, 3.63) is 11.1 Å². The first kappa shape index (κ1) is 14.5. The smallest absolute Gasteiger partial charge is 0.185 e. The molecule has 0 bridgehead atoms. The van der Waals surface area contributed by atoms with Gasteiger partial charge in [-0.1, -0.05) is 20.8 Å². The molecule has 0 saturated carbocycles. The molecular formula is C13H25N3S. The van der Waals surface area contributed by atoms with Crippen LogP contribution >= 0.6 is 11.3 Å².